The van der Waals surface area contributed by atoms with E-state index in [9.17, 15) is 9.90 Å². The maximum Gasteiger partial charge on any atom is 0.273 e. The molecule has 0 radical (unpaired) electrons. The van der Waals surface area contributed by atoms with Gasteiger partial charge in [0.1, 0.15) is 5.76 Å². The summed E-state index contributed by atoms with van der Waals surface area (Å²) in [5.41, 5.74) is 0.871. The summed E-state index contributed by atoms with van der Waals surface area (Å²) in [6, 6.07) is 7.88. The van der Waals surface area contributed by atoms with Crippen molar-refractivity contribution in [3.63, 3.8) is 0 Å². The van der Waals surface area contributed by atoms with E-state index >= 15 is 0 Å². The molecule has 2 aromatic rings. The molecule has 5 nitrogen and oxygen atoms in total. The zero-order chi connectivity index (χ0) is 14.7. The van der Waals surface area contributed by atoms with Crippen LogP contribution in [-0.2, 0) is 0 Å². The molecule has 1 aromatic carbocycles. The van der Waals surface area contributed by atoms with Crippen molar-refractivity contribution < 1.29 is 14.4 Å². The summed E-state index contributed by atoms with van der Waals surface area (Å²) in [6.07, 6.45) is -0.829. The second-order valence-corrected chi connectivity index (χ2v) is 5.02. The molecule has 2 N–H and O–H groups in total. The lowest BCUT2D eigenvalue weighted by Crippen LogP contribution is -2.37. The topological polar surface area (TPSA) is 75.4 Å². The van der Waals surface area contributed by atoms with Crippen molar-refractivity contribution >= 4 is 17.5 Å². The summed E-state index contributed by atoms with van der Waals surface area (Å²) in [5, 5.41) is 17.1. The van der Waals surface area contributed by atoms with E-state index in [0.717, 1.165) is 0 Å². The van der Waals surface area contributed by atoms with Crippen LogP contribution in [0, 0.1) is 6.92 Å². The Morgan fingerprint density at radius 2 is 2.05 bits per heavy atom. The molecular weight excluding hydrogens is 280 g/mol. The quantitative estimate of drug-likeness (QED) is 0.908. The number of nitrogens with one attached hydrogen (secondary N) is 1. The average molecular weight is 295 g/mol. The van der Waals surface area contributed by atoms with Gasteiger partial charge < -0.3 is 14.9 Å². The molecule has 2 unspecified atom stereocenters. The van der Waals surface area contributed by atoms with Gasteiger partial charge in [-0.15, -0.1) is 0 Å². The third-order valence-corrected chi connectivity index (χ3v) is 3.16. The Bertz CT molecular complexity index is 595. The van der Waals surface area contributed by atoms with Crippen LogP contribution in [0.5, 0.6) is 0 Å². The van der Waals surface area contributed by atoms with Crippen LogP contribution in [0.1, 0.15) is 34.8 Å². The van der Waals surface area contributed by atoms with Crippen molar-refractivity contribution in [3.05, 3.63) is 52.4 Å². The number of halogens is 1. The summed E-state index contributed by atoms with van der Waals surface area (Å²) >= 11 is 5.79. The van der Waals surface area contributed by atoms with Crippen LogP contribution in [-0.4, -0.2) is 22.2 Å². The highest BCUT2D eigenvalue weighted by molar-refractivity contribution is 6.30. The molecule has 20 heavy (non-hydrogen) atoms. The van der Waals surface area contributed by atoms with Gasteiger partial charge in [0, 0.05) is 11.1 Å². The fourth-order valence-electron chi connectivity index (χ4n) is 1.78. The summed E-state index contributed by atoms with van der Waals surface area (Å²) in [6.45, 7) is 3.42. The molecule has 2 rings (SSSR count). The Kier molecular flexibility index (Phi) is 4.42. The van der Waals surface area contributed by atoms with E-state index in [4.69, 9.17) is 16.1 Å². The van der Waals surface area contributed by atoms with Gasteiger partial charge in [0.2, 0.25) is 0 Å². The number of hydrogen-bond acceptors (Lipinski definition) is 4. The van der Waals surface area contributed by atoms with Gasteiger partial charge in [-0.3, -0.25) is 4.79 Å². The number of aliphatic hydroxyl groups excluding tert-OH is 1. The van der Waals surface area contributed by atoms with Crippen LogP contribution in [0.15, 0.2) is 34.9 Å². The highest BCUT2D eigenvalue weighted by Gasteiger charge is 2.20. The monoisotopic (exact) mass is 294 g/mol. The molecule has 0 aliphatic carbocycles. The van der Waals surface area contributed by atoms with E-state index in [0.29, 0.717) is 16.3 Å². The summed E-state index contributed by atoms with van der Waals surface area (Å²) in [7, 11) is 0. The van der Waals surface area contributed by atoms with Gasteiger partial charge in [0.15, 0.2) is 5.69 Å². The third kappa shape index (κ3) is 3.37. The van der Waals surface area contributed by atoms with Crippen molar-refractivity contribution in [3.8, 4) is 0 Å². The Morgan fingerprint density at radius 3 is 2.60 bits per heavy atom. The van der Waals surface area contributed by atoms with Crippen molar-refractivity contribution in [2.75, 3.05) is 0 Å². The Morgan fingerprint density at radius 1 is 1.40 bits per heavy atom. The lowest BCUT2D eigenvalue weighted by molar-refractivity contribution is 0.0843. The number of aromatic nitrogens is 1. The Hall–Kier alpha value is -1.85. The first-order valence-electron chi connectivity index (χ1n) is 6.15. The number of rotatable bonds is 4. The van der Waals surface area contributed by atoms with Crippen LogP contribution in [0.3, 0.4) is 0 Å². The summed E-state index contributed by atoms with van der Waals surface area (Å²) in [5.74, 6) is 0.170. The van der Waals surface area contributed by atoms with E-state index in [1.54, 1.807) is 38.1 Å². The molecule has 106 valence electrons. The largest absolute Gasteiger partial charge is 0.386 e. The van der Waals surface area contributed by atoms with Crippen molar-refractivity contribution in [1.82, 2.24) is 10.5 Å². The standard InChI is InChI=1S/C14H15ClN2O3/c1-8-7-12(17-20-8)14(19)16-9(2)13(18)10-3-5-11(15)6-4-10/h3-7,9,13,18H,1-2H3,(H,16,19). The number of hydrogen-bond donors (Lipinski definition) is 2. The van der Waals surface area contributed by atoms with Gasteiger partial charge in [-0.1, -0.05) is 28.9 Å². The summed E-state index contributed by atoms with van der Waals surface area (Å²) < 4.78 is 4.84. The third-order valence-electron chi connectivity index (χ3n) is 2.90. The molecule has 0 fully saturated rings. The number of benzene rings is 1. The first kappa shape index (κ1) is 14.6. The normalized spacial score (nSPS) is 13.8. The minimum absolute atomic E-state index is 0.192. The number of carbonyl (C=O) groups excluding carboxylic acids is 1. The average Bonchev–Trinajstić information content (AvgIpc) is 2.85. The maximum atomic E-state index is 11.9. The van der Waals surface area contributed by atoms with Gasteiger partial charge >= 0.3 is 0 Å². The smallest absolute Gasteiger partial charge is 0.273 e. The van der Waals surface area contributed by atoms with Gasteiger partial charge in [-0.25, -0.2) is 0 Å². The van der Waals surface area contributed by atoms with E-state index in [2.05, 4.69) is 10.5 Å². The Balaban J connectivity index is 2.02. The fourth-order valence-corrected chi connectivity index (χ4v) is 1.91. The molecule has 0 spiro atoms. The Labute approximate surface area is 121 Å². The number of amides is 1. The second-order valence-electron chi connectivity index (χ2n) is 4.58. The van der Waals surface area contributed by atoms with E-state index in [1.807, 2.05) is 0 Å². The molecule has 2 atom stereocenters. The minimum Gasteiger partial charge on any atom is -0.386 e. The number of nitrogens with zero attached hydrogens (tertiary/aromatic N) is 1. The van der Waals surface area contributed by atoms with Crippen LogP contribution in [0.2, 0.25) is 5.02 Å². The highest BCUT2D eigenvalue weighted by Crippen LogP contribution is 2.19. The van der Waals surface area contributed by atoms with Gasteiger partial charge in [0.05, 0.1) is 12.1 Å². The maximum absolute atomic E-state index is 11.9. The van der Waals surface area contributed by atoms with Crippen molar-refractivity contribution in [1.29, 1.82) is 0 Å². The van der Waals surface area contributed by atoms with Crippen molar-refractivity contribution in [2.45, 2.75) is 26.0 Å². The van der Waals surface area contributed by atoms with Crippen LogP contribution in [0.4, 0.5) is 0 Å². The molecule has 1 heterocycles. The molecule has 1 aromatic heterocycles. The summed E-state index contributed by atoms with van der Waals surface area (Å²) in [4.78, 5) is 11.9. The first-order chi connectivity index (χ1) is 9.47. The molecule has 0 saturated heterocycles. The number of carbonyl (C=O) groups is 1. The molecular formula is C14H15ClN2O3. The van der Waals surface area contributed by atoms with E-state index < -0.39 is 12.1 Å². The lowest BCUT2D eigenvalue weighted by atomic mass is 10.0. The molecule has 0 saturated carbocycles. The predicted octanol–water partition coefficient (Wildman–Crippen LogP) is 2.49. The highest BCUT2D eigenvalue weighted by atomic mass is 35.5. The lowest BCUT2D eigenvalue weighted by Gasteiger charge is -2.20. The SMILES string of the molecule is Cc1cc(C(=O)NC(C)C(O)c2ccc(Cl)cc2)no1. The van der Waals surface area contributed by atoms with Gasteiger partial charge in [-0.05, 0) is 31.5 Å². The van der Waals surface area contributed by atoms with E-state index in [1.165, 1.54) is 6.07 Å². The van der Waals surface area contributed by atoms with Crippen LogP contribution >= 0.6 is 11.6 Å². The zero-order valence-electron chi connectivity index (χ0n) is 11.1. The molecule has 1 amide bonds. The molecule has 6 heteroatoms. The predicted molar refractivity (Wildman–Crippen MR) is 74.6 cm³/mol. The van der Waals surface area contributed by atoms with Gasteiger partial charge in [0.25, 0.3) is 5.91 Å². The van der Waals surface area contributed by atoms with Crippen LogP contribution in [0.25, 0.3) is 0 Å². The second kappa shape index (κ2) is 6.07. The fraction of sp³-hybridized carbons (Fsp3) is 0.286. The first-order valence-corrected chi connectivity index (χ1v) is 6.53. The van der Waals surface area contributed by atoms with Crippen LogP contribution < -0.4 is 5.32 Å². The molecule has 0 aliphatic heterocycles. The molecule has 0 bridgehead atoms. The zero-order valence-corrected chi connectivity index (χ0v) is 11.9. The van der Waals surface area contributed by atoms with Crippen molar-refractivity contribution in [2.24, 2.45) is 0 Å². The molecule has 0 aliphatic rings. The number of aryl methyl sites for hydroxylation is 1. The van der Waals surface area contributed by atoms with E-state index in [-0.39, 0.29) is 11.6 Å². The number of aliphatic hydroxyl groups is 1. The minimum atomic E-state index is -0.829. The van der Waals surface area contributed by atoms with Gasteiger partial charge in [-0.2, -0.15) is 0 Å².